The van der Waals surface area contributed by atoms with Gasteiger partial charge in [0.15, 0.2) is 6.29 Å². The van der Waals surface area contributed by atoms with E-state index >= 15 is 9.59 Å². The van der Waals surface area contributed by atoms with E-state index in [1.165, 1.54) is 24.3 Å². The van der Waals surface area contributed by atoms with Gasteiger partial charge in [-0.15, -0.1) is 0 Å². The number of guanidine groups is 2. The average Bonchev–Trinajstić information content (AvgIpc) is 1.69. The lowest BCUT2D eigenvalue weighted by Gasteiger charge is -2.45. The maximum absolute atomic E-state index is 15.1. The van der Waals surface area contributed by atoms with Crippen molar-refractivity contribution in [1.82, 2.24) is 42.5 Å². The summed E-state index contributed by atoms with van der Waals surface area (Å²) >= 11 is 0. The predicted molar refractivity (Wildman–Crippen MR) is 323 cm³/mol. The number of amides is 6. The number of aliphatic hydroxyl groups excluding tert-OH is 14. The van der Waals surface area contributed by atoms with E-state index < -0.39 is 258 Å². The number of halogens is 6. The van der Waals surface area contributed by atoms with Crippen molar-refractivity contribution in [3.05, 3.63) is 65.7 Å². The van der Waals surface area contributed by atoms with Crippen molar-refractivity contribution < 1.29 is 180 Å². The summed E-state index contributed by atoms with van der Waals surface area (Å²) in [7, 11) is 0. The predicted octanol–water partition coefficient (Wildman–Crippen LogP) is -17.6. The molecule has 8 rings (SSSR count). The molecule has 4 saturated heterocycles. The first-order chi connectivity index (χ1) is 49.2. The Labute approximate surface area is 587 Å². The fourth-order valence-electron chi connectivity index (χ4n) is 11.3. The lowest BCUT2D eigenvalue weighted by atomic mass is 9.92. The van der Waals surface area contributed by atoms with E-state index in [2.05, 4.69) is 47.5 Å². The number of alkyl halides is 6. The molecule has 0 aliphatic carbocycles. The summed E-state index contributed by atoms with van der Waals surface area (Å²) in [5.74, 6) is -14.7. The molecule has 25 atom stereocenters. The van der Waals surface area contributed by atoms with E-state index in [-0.39, 0.29) is 29.8 Å². The van der Waals surface area contributed by atoms with Crippen LogP contribution in [-0.4, -0.2) is 340 Å². The summed E-state index contributed by atoms with van der Waals surface area (Å²) in [6, 6.07) is 1.06. The van der Waals surface area contributed by atoms with Gasteiger partial charge in [-0.2, -0.15) is 26.3 Å². The number of carbonyl (C=O) groups is 8. The molecule has 27 N–H and O–H groups in total. The molecule has 2 aromatic carbocycles. The lowest BCUT2D eigenvalue weighted by molar-refractivity contribution is -0.663. The van der Waals surface area contributed by atoms with E-state index in [0.29, 0.717) is 5.56 Å². The monoisotopic (exact) mass is 1520 g/mol. The van der Waals surface area contributed by atoms with Gasteiger partial charge in [-0.1, -0.05) is 49.4 Å². The summed E-state index contributed by atoms with van der Waals surface area (Å²) in [6.45, 7) is -3.68. The van der Waals surface area contributed by atoms with Crippen molar-refractivity contribution >= 4 is 59.3 Å². The smallest absolute Gasteiger partial charge is 0.430 e. The van der Waals surface area contributed by atoms with Crippen LogP contribution in [0.25, 0.3) is 0 Å². The molecule has 0 aromatic heterocycles. The number of nitrogens with zero attached hydrogens (tertiary/aromatic N) is 1. The molecular weight excluding hydrogens is 1440 g/mol. The van der Waals surface area contributed by atoms with Gasteiger partial charge in [0, 0.05) is 12.3 Å². The molecular formula is C58H80F6N12O29. The third-order valence-corrected chi connectivity index (χ3v) is 17.1. The van der Waals surface area contributed by atoms with Gasteiger partial charge < -0.3 is 147 Å². The van der Waals surface area contributed by atoms with Crippen LogP contribution < -0.4 is 73.9 Å². The van der Waals surface area contributed by atoms with Crippen molar-refractivity contribution in [1.29, 1.82) is 0 Å². The Morgan fingerprint density at radius 2 is 1.09 bits per heavy atom. The fraction of sp³-hybridized carbons (Fsp3) is 0.621. The number of rotatable bonds is 17. The molecule has 4 fully saturated rings. The number of benzene rings is 2. The Hall–Kier alpha value is -8.60. The first-order valence-corrected chi connectivity index (χ1v) is 31.5. The molecule has 47 heteroatoms. The number of nitrogens with one attached hydrogen (secondary N) is 9. The van der Waals surface area contributed by atoms with Gasteiger partial charge in [0.25, 0.3) is 0 Å². The number of nitrogens with two attached hydrogens (primary N) is 2. The Balaban J connectivity index is 0.00000112. The van der Waals surface area contributed by atoms with E-state index in [9.17, 15) is 117 Å². The van der Waals surface area contributed by atoms with Crippen LogP contribution in [0.1, 0.15) is 24.0 Å². The van der Waals surface area contributed by atoms with E-state index in [1.807, 2.05) is 0 Å². The van der Waals surface area contributed by atoms with Gasteiger partial charge in [-0.3, -0.25) is 55.9 Å². The van der Waals surface area contributed by atoms with Crippen LogP contribution in [0.3, 0.4) is 0 Å². The fourth-order valence-corrected chi connectivity index (χ4v) is 11.3. The minimum Gasteiger partial charge on any atom is -0.542 e. The second-order valence-electron chi connectivity index (χ2n) is 24.3. The van der Waals surface area contributed by atoms with Crippen LogP contribution in [0.4, 0.5) is 26.3 Å². The first kappa shape index (κ1) is 85.3. The Bertz CT molecular complexity index is 3350. The highest BCUT2D eigenvalue weighted by Gasteiger charge is 2.55. The molecule has 6 aliphatic heterocycles. The summed E-state index contributed by atoms with van der Waals surface area (Å²) in [4.78, 5) is 107. The largest absolute Gasteiger partial charge is 0.542 e. The van der Waals surface area contributed by atoms with Crippen molar-refractivity contribution in [3.63, 3.8) is 0 Å². The number of aliphatic hydroxyl groups is 14. The summed E-state index contributed by atoms with van der Waals surface area (Å²) in [5, 5.41) is 188. The molecule has 6 amide bonds. The topological polar surface area (TPSA) is 677 Å². The number of hydrogen-bond donors (Lipinski definition) is 25. The van der Waals surface area contributed by atoms with Crippen molar-refractivity contribution in [3.8, 4) is 5.75 Å². The molecule has 0 radical (unpaired) electrons. The van der Waals surface area contributed by atoms with Crippen LogP contribution in [-0.2, 0) is 63.7 Å². The highest BCUT2D eigenvalue weighted by Crippen LogP contribution is 2.32. The molecule has 2 aromatic rings. The molecule has 0 spiro atoms. The van der Waals surface area contributed by atoms with Crippen molar-refractivity contribution in [2.24, 2.45) is 11.5 Å². The highest BCUT2D eigenvalue weighted by molar-refractivity contribution is 5.98. The third kappa shape index (κ3) is 21.6. The van der Waals surface area contributed by atoms with Gasteiger partial charge in [-0.25, -0.2) is 4.58 Å². The van der Waals surface area contributed by atoms with Crippen LogP contribution in [0.5, 0.6) is 5.75 Å². The summed E-state index contributed by atoms with van der Waals surface area (Å²) < 4.78 is 92.4. The Morgan fingerprint density at radius 1 is 0.581 bits per heavy atom. The normalized spacial score (nSPS) is 34.0. The first-order valence-electron chi connectivity index (χ1n) is 31.5. The molecule has 588 valence electrons. The summed E-state index contributed by atoms with van der Waals surface area (Å²) in [5.41, 5.74) is 12.9. The third-order valence-electron chi connectivity index (χ3n) is 17.1. The molecule has 0 bridgehead atoms. The van der Waals surface area contributed by atoms with Crippen LogP contribution in [0.15, 0.2) is 54.6 Å². The Kier molecular flexibility index (Phi) is 30.1. The standard InChI is InChI=1S/C54H78N12O25.2C2HF3O2/c1-19(21-5-3-2-4-6-21)31-47(84)60-23(11-20-7-9-22(10-8-20)87-51-43(81)40(78)44(29(18-70)90-51)91-52-42(80)39(77)37(75)28(17-69)89-52)46(83)64-32(34(72)24-12-58-53(55)62-24)49(86)65-33(48(85)61-25(15-67)45(82)57-14-30(71)63-31)35(73)26-13-59-54(56)66(26)50-41(79)38(76)36(74)27(16-68)88-50;2*3-2(4,5)1(6)7/h2-10,19,23-29,31-44,50-52,67-70,72-81H,11-18H2,1H3,(H11,55,56,57,58,59,60,61,62,63,64,65,71,82,83,84,85,86);2*(H,6,7)/t19-,23+,24-,25-,26-,27+,28+,29+,31-,32-,33+,34-,35-,36+,37+,38-,39-,40+,41-,42-,43-,44+,50-,51-,52+;;/m0../s1. The molecule has 0 saturated carbocycles. The molecule has 6 aliphatic rings. The van der Waals surface area contributed by atoms with Gasteiger partial charge in [0.1, 0.15) is 152 Å². The van der Waals surface area contributed by atoms with Gasteiger partial charge in [0.05, 0.1) is 39.5 Å². The minimum atomic E-state index is -5.19. The lowest BCUT2D eigenvalue weighted by Crippen LogP contribution is -2.84. The van der Waals surface area contributed by atoms with Gasteiger partial charge >= 0.3 is 24.3 Å². The number of carboxylic acids is 2. The SMILES string of the molecule is C[C@@H](c1ccccc1)[C@@H]1NC(=O)CNC(=O)[C@H](CO)NC(=O)[C@@H]([C@@H](O)[C@@H]2CNC(N)=[N+]2[C@H]2O[C@H](CO)[C@@H](O)[C@H](O)[C@@H]2O)NC(=O)[C@H]([C@@H](O)[C@@H]2CNC(N)=[NH+]2)NC(=O)[C@@H](Cc2ccc(O[C@H]3O[C@H](CO)[C@@H](O[C@H]4O[C@H](CO)[C@@H](O)[C@H](O)[C@@H]4O)[C@H](O)[C@@H]3O)cc2)NC1=O.O=C([O-])C(F)(F)F.O=C([O-])C(F)(F)F. The molecule has 6 heterocycles. The number of carbonyl (C=O) groups excluding carboxylic acids is 8. The quantitative estimate of drug-likeness (QED) is 0.0516. The zero-order valence-electron chi connectivity index (χ0n) is 54.5. The maximum atomic E-state index is 15.1. The maximum Gasteiger partial charge on any atom is 0.430 e. The second-order valence-corrected chi connectivity index (χ2v) is 24.3. The molecule has 105 heavy (non-hydrogen) atoms. The van der Waals surface area contributed by atoms with Gasteiger partial charge in [-0.05, 0) is 23.3 Å². The number of hydrogen-bond acceptors (Lipinski definition) is 33. The van der Waals surface area contributed by atoms with E-state index in [0.717, 1.165) is 4.58 Å². The number of ether oxygens (including phenoxy) is 5. The summed E-state index contributed by atoms with van der Waals surface area (Å²) in [6.07, 6.45) is -41.9. The van der Waals surface area contributed by atoms with Crippen LogP contribution in [0.2, 0.25) is 0 Å². The van der Waals surface area contributed by atoms with Gasteiger partial charge in [0.2, 0.25) is 48.0 Å². The number of carboxylic acid groups (broad SMARTS) is 2. The zero-order valence-corrected chi connectivity index (χ0v) is 54.5. The minimum absolute atomic E-state index is 0.0697. The molecule has 41 nitrogen and oxygen atoms in total. The Morgan fingerprint density at radius 3 is 1.63 bits per heavy atom. The average molecular weight is 1520 g/mol. The number of aliphatic carboxylic acids is 2. The molecule has 0 unspecified atom stereocenters. The van der Waals surface area contributed by atoms with E-state index in [1.54, 1.807) is 37.3 Å². The highest BCUT2D eigenvalue weighted by atomic mass is 19.4. The van der Waals surface area contributed by atoms with Crippen LogP contribution in [0, 0.1) is 0 Å². The van der Waals surface area contributed by atoms with Crippen LogP contribution >= 0.6 is 0 Å². The van der Waals surface area contributed by atoms with Crippen molar-refractivity contribution in [2.45, 2.75) is 178 Å². The van der Waals surface area contributed by atoms with E-state index in [4.69, 9.17) is 55.0 Å². The van der Waals surface area contributed by atoms with Crippen molar-refractivity contribution in [2.75, 3.05) is 46.1 Å². The second kappa shape index (κ2) is 37.1. The zero-order chi connectivity index (χ0) is 78.4.